The fourth-order valence-corrected chi connectivity index (χ4v) is 1.50. The average molecular weight is 258 g/mol. The number of likely N-dealkylation sites (tertiary alicyclic amines) is 1. The number of rotatable bonds is 3. The van der Waals surface area contributed by atoms with E-state index < -0.39 is 17.9 Å². The lowest BCUT2D eigenvalue weighted by Gasteiger charge is -2.11. The summed E-state index contributed by atoms with van der Waals surface area (Å²) in [6.45, 7) is 0.526. The average Bonchev–Trinajstić information content (AvgIpc) is 2.57. The van der Waals surface area contributed by atoms with Crippen molar-refractivity contribution in [2.45, 2.75) is 12.5 Å². The molecule has 0 radical (unpaired) electrons. The second-order valence-corrected chi connectivity index (χ2v) is 4.25. The molecule has 0 spiro atoms. The Hall–Kier alpha value is -1.70. The number of hydrogen-bond donors (Lipinski definition) is 3. The lowest BCUT2D eigenvalue weighted by Crippen LogP contribution is -2.48. The third-order valence-corrected chi connectivity index (χ3v) is 2.51. The van der Waals surface area contributed by atoms with E-state index in [4.69, 9.17) is 5.73 Å². The first kappa shape index (κ1) is 13.4. The maximum Gasteiger partial charge on any atom is 0.309 e. The van der Waals surface area contributed by atoms with E-state index in [1.807, 2.05) is 0 Å². The highest BCUT2D eigenvalue weighted by molar-refractivity contribution is 7.80. The minimum atomic E-state index is -0.852. The van der Waals surface area contributed by atoms with Gasteiger partial charge in [-0.2, -0.15) is 0 Å². The molecule has 1 unspecified atom stereocenters. The van der Waals surface area contributed by atoms with Crippen LogP contribution >= 0.6 is 12.2 Å². The third-order valence-electron chi connectivity index (χ3n) is 2.36. The van der Waals surface area contributed by atoms with E-state index in [0.717, 1.165) is 0 Å². The molecule has 1 heterocycles. The number of amides is 3. The van der Waals surface area contributed by atoms with E-state index >= 15 is 0 Å². The summed E-state index contributed by atoms with van der Waals surface area (Å²) in [6, 6.07) is -0.622. The van der Waals surface area contributed by atoms with Crippen molar-refractivity contribution in [3.8, 4) is 0 Å². The first-order valence-corrected chi connectivity index (χ1v) is 5.44. The van der Waals surface area contributed by atoms with Crippen LogP contribution in [-0.2, 0) is 14.4 Å². The molecular weight excluding hydrogens is 244 g/mol. The van der Waals surface area contributed by atoms with Crippen molar-refractivity contribution in [3.63, 3.8) is 0 Å². The largest absolute Gasteiger partial charge is 0.392 e. The summed E-state index contributed by atoms with van der Waals surface area (Å²) < 4.78 is 0. The number of nitrogens with one attached hydrogen (secondary N) is 2. The van der Waals surface area contributed by atoms with Crippen molar-refractivity contribution in [3.05, 3.63) is 0 Å². The molecule has 1 rings (SSSR count). The third kappa shape index (κ3) is 3.66. The molecule has 7 nitrogen and oxygen atoms in total. The molecule has 1 fully saturated rings. The van der Waals surface area contributed by atoms with Gasteiger partial charge in [-0.1, -0.05) is 12.2 Å². The Bertz CT molecular complexity index is 371. The van der Waals surface area contributed by atoms with E-state index in [2.05, 4.69) is 22.9 Å². The Morgan fingerprint density at radius 2 is 2.18 bits per heavy atom. The van der Waals surface area contributed by atoms with Crippen LogP contribution in [0.3, 0.4) is 0 Å². The van der Waals surface area contributed by atoms with Gasteiger partial charge in [0.2, 0.25) is 5.91 Å². The normalized spacial score (nSPS) is 19.0. The molecule has 1 aliphatic rings. The first-order chi connectivity index (χ1) is 7.91. The van der Waals surface area contributed by atoms with Crippen LogP contribution in [0.2, 0.25) is 0 Å². The Morgan fingerprint density at radius 3 is 2.65 bits per heavy atom. The second-order valence-electron chi connectivity index (χ2n) is 3.72. The second kappa shape index (κ2) is 5.58. The fourth-order valence-electron chi connectivity index (χ4n) is 1.43. The van der Waals surface area contributed by atoms with Gasteiger partial charge in [0.25, 0.3) is 0 Å². The van der Waals surface area contributed by atoms with Crippen molar-refractivity contribution in [1.29, 1.82) is 0 Å². The van der Waals surface area contributed by atoms with Crippen LogP contribution in [0.4, 0.5) is 0 Å². The molecule has 0 aliphatic carbocycles. The summed E-state index contributed by atoms with van der Waals surface area (Å²) in [5.41, 5.74) is 5.17. The Morgan fingerprint density at radius 1 is 1.53 bits per heavy atom. The van der Waals surface area contributed by atoms with Gasteiger partial charge in [-0.25, -0.2) is 0 Å². The Kier molecular flexibility index (Phi) is 4.38. The van der Waals surface area contributed by atoms with Gasteiger partial charge in [0, 0.05) is 13.6 Å². The molecule has 17 heavy (non-hydrogen) atoms. The fraction of sp³-hybridized carbons (Fsp3) is 0.556. The van der Waals surface area contributed by atoms with Crippen LogP contribution < -0.4 is 16.4 Å². The van der Waals surface area contributed by atoms with Crippen molar-refractivity contribution in [2.75, 3.05) is 20.1 Å². The number of nitrogens with zero attached hydrogens (tertiary/aromatic N) is 1. The molecule has 1 aliphatic heterocycles. The maximum absolute atomic E-state index is 11.5. The highest BCUT2D eigenvalue weighted by Gasteiger charge is 2.31. The lowest BCUT2D eigenvalue weighted by molar-refractivity contribution is -0.140. The number of nitrogens with two attached hydrogens (primary N) is 1. The van der Waals surface area contributed by atoms with E-state index in [0.29, 0.717) is 13.0 Å². The number of likely N-dealkylation sites (N-methyl/N-ethyl adjacent to an activating group) is 1. The van der Waals surface area contributed by atoms with Gasteiger partial charge in [0.1, 0.15) is 6.04 Å². The number of carbonyl (C=O) groups is 3. The zero-order valence-corrected chi connectivity index (χ0v) is 10.2. The number of carbonyl (C=O) groups excluding carboxylic acids is 3. The van der Waals surface area contributed by atoms with Crippen molar-refractivity contribution < 1.29 is 14.4 Å². The van der Waals surface area contributed by atoms with Crippen LogP contribution in [0, 0.1) is 0 Å². The number of thiocarbonyl (C=S) groups is 1. The topological polar surface area (TPSA) is 105 Å². The van der Waals surface area contributed by atoms with Gasteiger partial charge in [0.05, 0.1) is 11.5 Å². The molecule has 8 heteroatoms. The predicted octanol–water partition coefficient (Wildman–Crippen LogP) is -2.26. The van der Waals surface area contributed by atoms with Gasteiger partial charge in [0.15, 0.2) is 0 Å². The van der Waals surface area contributed by atoms with Crippen LogP contribution in [0.5, 0.6) is 0 Å². The van der Waals surface area contributed by atoms with Crippen molar-refractivity contribution in [2.24, 2.45) is 5.73 Å². The number of hydrogen-bond acceptors (Lipinski definition) is 4. The molecular formula is C9H14N4O3S. The van der Waals surface area contributed by atoms with Gasteiger partial charge < -0.3 is 21.3 Å². The Labute approximate surface area is 104 Å². The van der Waals surface area contributed by atoms with Crippen LogP contribution in [0.15, 0.2) is 0 Å². The maximum atomic E-state index is 11.5. The molecule has 0 aromatic carbocycles. The van der Waals surface area contributed by atoms with Crippen LogP contribution in [0.25, 0.3) is 0 Å². The van der Waals surface area contributed by atoms with E-state index in [1.54, 1.807) is 7.05 Å². The first-order valence-electron chi connectivity index (χ1n) is 5.03. The summed E-state index contributed by atoms with van der Waals surface area (Å²) in [4.78, 5) is 35.7. The highest BCUT2D eigenvalue weighted by Crippen LogP contribution is 2.07. The monoisotopic (exact) mass is 258 g/mol. The SMILES string of the molecule is CN1CCC(NC(=O)C(=O)NCC(N)=S)C1=O. The standard InChI is InChI=1S/C9H14N4O3S/c1-13-3-2-5(9(13)16)12-8(15)7(14)11-4-6(10)17/h5H,2-4H2,1H3,(H2,10,17)(H,11,14)(H,12,15). The van der Waals surface area contributed by atoms with E-state index in [9.17, 15) is 14.4 Å². The Balaban J connectivity index is 2.41. The molecule has 3 amide bonds. The predicted molar refractivity (Wildman–Crippen MR) is 64.0 cm³/mol. The summed E-state index contributed by atoms with van der Waals surface area (Å²) >= 11 is 4.55. The summed E-state index contributed by atoms with van der Waals surface area (Å²) in [6.07, 6.45) is 0.504. The molecule has 0 saturated carbocycles. The van der Waals surface area contributed by atoms with Gasteiger partial charge in [-0.15, -0.1) is 0 Å². The smallest absolute Gasteiger partial charge is 0.309 e. The van der Waals surface area contributed by atoms with Crippen molar-refractivity contribution in [1.82, 2.24) is 15.5 Å². The molecule has 1 atom stereocenters. The quantitative estimate of drug-likeness (QED) is 0.391. The van der Waals surface area contributed by atoms with Gasteiger partial charge in [-0.3, -0.25) is 14.4 Å². The lowest BCUT2D eigenvalue weighted by atomic mass is 10.2. The summed E-state index contributed by atoms with van der Waals surface area (Å²) in [7, 11) is 1.64. The van der Waals surface area contributed by atoms with E-state index in [-0.39, 0.29) is 17.4 Å². The minimum Gasteiger partial charge on any atom is -0.392 e. The summed E-state index contributed by atoms with van der Waals surface area (Å²) in [5.74, 6) is -1.89. The minimum absolute atomic E-state index is 0.0416. The van der Waals surface area contributed by atoms with Crippen molar-refractivity contribution >= 4 is 34.9 Å². The molecule has 0 bridgehead atoms. The molecule has 0 aromatic heterocycles. The van der Waals surface area contributed by atoms with Crippen LogP contribution in [0.1, 0.15) is 6.42 Å². The zero-order chi connectivity index (χ0) is 13.0. The van der Waals surface area contributed by atoms with E-state index in [1.165, 1.54) is 4.90 Å². The highest BCUT2D eigenvalue weighted by atomic mass is 32.1. The molecule has 94 valence electrons. The molecule has 4 N–H and O–H groups in total. The van der Waals surface area contributed by atoms with Crippen LogP contribution in [-0.4, -0.2) is 53.8 Å². The van der Waals surface area contributed by atoms with Gasteiger partial charge in [-0.05, 0) is 6.42 Å². The zero-order valence-electron chi connectivity index (χ0n) is 9.36. The summed E-state index contributed by atoms with van der Waals surface area (Å²) in [5, 5.41) is 4.60. The molecule has 1 saturated heterocycles. The van der Waals surface area contributed by atoms with Gasteiger partial charge >= 0.3 is 11.8 Å². The molecule has 0 aromatic rings.